The zero-order valence-electron chi connectivity index (χ0n) is 15.0. The zero-order chi connectivity index (χ0) is 19.2. The Morgan fingerprint density at radius 2 is 1.89 bits per heavy atom. The van der Waals surface area contributed by atoms with Crippen LogP contribution in [-0.2, 0) is 17.9 Å². The fraction of sp³-hybridized carbons (Fsp3) is 0.250. The van der Waals surface area contributed by atoms with Crippen molar-refractivity contribution in [3.8, 4) is 11.8 Å². The highest BCUT2D eigenvalue weighted by molar-refractivity contribution is 5.91. The molecule has 0 bridgehead atoms. The third-order valence-corrected chi connectivity index (χ3v) is 4.23. The Bertz CT molecular complexity index is 1060. The first-order chi connectivity index (χ1) is 13.1. The highest BCUT2D eigenvalue weighted by atomic mass is 16.5. The number of benzene rings is 2. The Labute approximate surface area is 156 Å². The van der Waals surface area contributed by atoms with Crippen LogP contribution in [0, 0.1) is 11.3 Å². The van der Waals surface area contributed by atoms with Gasteiger partial charge in [-0.15, -0.1) is 0 Å². The lowest BCUT2D eigenvalue weighted by molar-refractivity contribution is -0.116. The molecule has 7 heteroatoms. The second-order valence-electron chi connectivity index (χ2n) is 5.94. The number of anilines is 1. The van der Waals surface area contributed by atoms with Gasteiger partial charge in [0, 0.05) is 31.3 Å². The smallest absolute Gasteiger partial charge is 0.329 e. The van der Waals surface area contributed by atoms with E-state index in [9.17, 15) is 9.59 Å². The number of para-hydroxylation sites is 2. The summed E-state index contributed by atoms with van der Waals surface area (Å²) in [5.74, 6) is 0.309. The number of rotatable bonds is 7. The Hall–Kier alpha value is -3.53. The highest BCUT2D eigenvalue weighted by Crippen LogP contribution is 2.18. The van der Waals surface area contributed by atoms with E-state index in [1.807, 2.05) is 37.3 Å². The molecule has 7 nitrogen and oxygen atoms in total. The number of fused-ring (bicyclic) bond motifs is 1. The molecule has 0 atom stereocenters. The summed E-state index contributed by atoms with van der Waals surface area (Å²) in [6, 6.07) is 16.3. The van der Waals surface area contributed by atoms with E-state index < -0.39 is 0 Å². The van der Waals surface area contributed by atoms with Crippen molar-refractivity contribution in [3.63, 3.8) is 0 Å². The van der Waals surface area contributed by atoms with E-state index in [0.29, 0.717) is 24.5 Å². The van der Waals surface area contributed by atoms with Gasteiger partial charge in [-0.05, 0) is 31.2 Å². The SMILES string of the molecule is CCn1c(=O)n(CCC(=O)Nc2cccc(OCC#N)c2)c2ccccc21. The van der Waals surface area contributed by atoms with Crippen LogP contribution in [-0.4, -0.2) is 21.6 Å². The molecule has 2 aromatic carbocycles. The van der Waals surface area contributed by atoms with Crippen LogP contribution < -0.4 is 15.7 Å². The van der Waals surface area contributed by atoms with Crippen molar-refractivity contribution in [3.05, 3.63) is 59.0 Å². The topological polar surface area (TPSA) is 89.1 Å². The third-order valence-electron chi connectivity index (χ3n) is 4.23. The molecule has 0 unspecified atom stereocenters. The number of nitrogens with one attached hydrogen (secondary N) is 1. The van der Waals surface area contributed by atoms with Crippen LogP contribution in [0.5, 0.6) is 5.75 Å². The number of nitrogens with zero attached hydrogens (tertiary/aromatic N) is 3. The summed E-state index contributed by atoms with van der Waals surface area (Å²) in [4.78, 5) is 24.9. The number of carbonyl (C=O) groups excluding carboxylic acids is 1. The van der Waals surface area contributed by atoms with Gasteiger partial charge < -0.3 is 10.1 Å². The number of aromatic nitrogens is 2. The van der Waals surface area contributed by atoms with Gasteiger partial charge in [0.25, 0.3) is 0 Å². The van der Waals surface area contributed by atoms with E-state index in [-0.39, 0.29) is 24.6 Å². The normalized spacial score (nSPS) is 10.5. The maximum Gasteiger partial charge on any atom is 0.329 e. The van der Waals surface area contributed by atoms with Gasteiger partial charge in [-0.1, -0.05) is 18.2 Å². The van der Waals surface area contributed by atoms with Crippen LogP contribution in [0.25, 0.3) is 11.0 Å². The molecule has 138 valence electrons. The van der Waals surface area contributed by atoms with E-state index in [2.05, 4.69) is 5.32 Å². The van der Waals surface area contributed by atoms with Gasteiger partial charge in [0.2, 0.25) is 5.91 Å². The Morgan fingerprint density at radius 1 is 1.15 bits per heavy atom. The summed E-state index contributed by atoms with van der Waals surface area (Å²) >= 11 is 0. The van der Waals surface area contributed by atoms with E-state index >= 15 is 0 Å². The van der Waals surface area contributed by atoms with Gasteiger partial charge in [-0.2, -0.15) is 5.26 Å². The minimum absolute atomic E-state index is 0.0538. The first kappa shape index (κ1) is 18.3. The lowest BCUT2D eigenvalue weighted by atomic mass is 10.2. The average Bonchev–Trinajstić information content (AvgIpc) is 2.95. The predicted octanol–water partition coefficient (Wildman–Crippen LogP) is 2.75. The first-order valence-corrected chi connectivity index (χ1v) is 8.71. The Kier molecular flexibility index (Phi) is 5.57. The molecule has 0 aliphatic carbocycles. The number of amides is 1. The quantitative estimate of drug-likeness (QED) is 0.698. The van der Waals surface area contributed by atoms with E-state index in [1.54, 1.807) is 33.4 Å². The zero-order valence-corrected chi connectivity index (χ0v) is 15.0. The third kappa shape index (κ3) is 4.01. The fourth-order valence-electron chi connectivity index (χ4n) is 3.01. The molecule has 1 N–H and O–H groups in total. The van der Waals surface area contributed by atoms with Gasteiger partial charge in [0.1, 0.15) is 11.8 Å². The second-order valence-corrected chi connectivity index (χ2v) is 5.94. The van der Waals surface area contributed by atoms with E-state index in [4.69, 9.17) is 10.00 Å². The Morgan fingerprint density at radius 3 is 2.59 bits per heavy atom. The maximum absolute atomic E-state index is 12.6. The molecule has 0 fully saturated rings. The molecule has 1 heterocycles. The molecule has 27 heavy (non-hydrogen) atoms. The molecule has 0 radical (unpaired) electrons. The second kappa shape index (κ2) is 8.23. The minimum Gasteiger partial charge on any atom is -0.479 e. The van der Waals surface area contributed by atoms with Crippen molar-refractivity contribution in [1.82, 2.24) is 9.13 Å². The number of imidazole rings is 1. The van der Waals surface area contributed by atoms with Crippen LogP contribution in [0.15, 0.2) is 53.3 Å². The standard InChI is InChI=1S/C20H20N4O3/c1-2-23-17-8-3-4-9-18(17)24(20(23)26)12-10-19(25)22-15-6-5-7-16(14-15)27-13-11-21/h3-9,14H,2,10,12-13H2,1H3,(H,22,25). The fourth-order valence-corrected chi connectivity index (χ4v) is 3.01. The molecule has 3 rings (SSSR count). The molecular formula is C20H20N4O3. The number of carbonyl (C=O) groups is 1. The van der Waals surface area contributed by atoms with Crippen LogP contribution in [0.3, 0.4) is 0 Å². The van der Waals surface area contributed by atoms with Gasteiger partial charge in [0.15, 0.2) is 6.61 Å². The number of hydrogen-bond acceptors (Lipinski definition) is 4. The molecule has 0 aliphatic heterocycles. The average molecular weight is 364 g/mol. The summed E-state index contributed by atoms with van der Waals surface area (Å²) in [5, 5.41) is 11.4. The van der Waals surface area contributed by atoms with Crippen molar-refractivity contribution >= 4 is 22.6 Å². The summed E-state index contributed by atoms with van der Waals surface area (Å²) in [7, 11) is 0. The van der Waals surface area contributed by atoms with Crippen LogP contribution in [0.1, 0.15) is 13.3 Å². The number of aryl methyl sites for hydroxylation is 2. The highest BCUT2D eigenvalue weighted by Gasteiger charge is 2.13. The minimum atomic E-state index is -0.201. The number of hydrogen-bond donors (Lipinski definition) is 1. The van der Waals surface area contributed by atoms with Crippen LogP contribution in [0.4, 0.5) is 5.69 Å². The summed E-state index contributed by atoms with van der Waals surface area (Å²) in [5.41, 5.74) is 2.16. The lowest BCUT2D eigenvalue weighted by Gasteiger charge is -2.08. The predicted molar refractivity (Wildman–Crippen MR) is 103 cm³/mol. The van der Waals surface area contributed by atoms with E-state index in [1.165, 1.54) is 0 Å². The van der Waals surface area contributed by atoms with E-state index in [0.717, 1.165) is 11.0 Å². The molecular weight excluding hydrogens is 344 g/mol. The molecule has 1 aromatic heterocycles. The van der Waals surface area contributed by atoms with Crippen molar-refractivity contribution in [2.45, 2.75) is 26.4 Å². The first-order valence-electron chi connectivity index (χ1n) is 8.71. The lowest BCUT2D eigenvalue weighted by Crippen LogP contribution is -2.25. The van der Waals surface area contributed by atoms with Gasteiger partial charge >= 0.3 is 5.69 Å². The molecule has 0 aliphatic rings. The molecule has 1 amide bonds. The van der Waals surface area contributed by atoms with Crippen LogP contribution in [0.2, 0.25) is 0 Å². The molecule has 0 spiro atoms. The molecule has 0 saturated heterocycles. The molecule has 3 aromatic rings. The summed E-state index contributed by atoms with van der Waals surface area (Å²) in [6.45, 7) is 2.74. The van der Waals surface area contributed by atoms with Crippen molar-refractivity contribution < 1.29 is 9.53 Å². The molecule has 0 saturated carbocycles. The van der Waals surface area contributed by atoms with Crippen molar-refractivity contribution in [2.24, 2.45) is 0 Å². The summed E-state index contributed by atoms with van der Waals surface area (Å²) < 4.78 is 8.55. The Balaban J connectivity index is 1.70. The monoisotopic (exact) mass is 364 g/mol. The van der Waals surface area contributed by atoms with Crippen molar-refractivity contribution in [2.75, 3.05) is 11.9 Å². The van der Waals surface area contributed by atoms with Gasteiger partial charge in [-0.25, -0.2) is 4.79 Å². The summed E-state index contributed by atoms with van der Waals surface area (Å²) in [6.07, 6.45) is 0.168. The maximum atomic E-state index is 12.6. The van der Waals surface area contributed by atoms with Gasteiger partial charge in [0.05, 0.1) is 11.0 Å². The largest absolute Gasteiger partial charge is 0.479 e. The van der Waals surface area contributed by atoms with Crippen molar-refractivity contribution in [1.29, 1.82) is 5.26 Å². The van der Waals surface area contributed by atoms with Crippen LogP contribution >= 0.6 is 0 Å². The number of ether oxygens (including phenoxy) is 1. The number of nitriles is 1. The van der Waals surface area contributed by atoms with Gasteiger partial charge in [-0.3, -0.25) is 13.9 Å².